The zero-order valence-corrected chi connectivity index (χ0v) is 14.3. The maximum atomic E-state index is 12.6. The van der Waals surface area contributed by atoms with Gasteiger partial charge in [0.1, 0.15) is 17.6 Å². The fraction of sp³-hybridized carbons (Fsp3) is 0.250. The van der Waals surface area contributed by atoms with E-state index in [-0.39, 0.29) is 36.1 Å². The van der Waals surface area contributed by atoms with Gasteiger partial charge in [0.15, 0.2) is 17.3 Å². The predicted octanol–water partition coefficient (Wildman–Crippen LogP) is 2.99. The Bertz CT molecular complexity index is 884. The van der Waals surface area contributed by atoms with Crippen LogP contribution in [0.1, 0.15) is 40.9 Å². The zero-order chi connectivity index (χ0) is 18.8. The van der Waals surface area contributed by atoms with Crippen LogP contribution in [0.3, 0.4) is 0 Å². The highest BCUT2D eigenvalue weighted by atomic mass is 16.5. The Labute approximate surface area is 150 Å². The van der Waals surface area contributed by atoms with E-state index in [4.69, 9.17) is 9.84 Å². The maximum absolute atomic E-state index is 12.6. The van der Waals surface area contributed by atoms with Crippen molar-refractivity contribution in [2.24, 2.45) is 0 Å². The molecule has 1 aliphatic heterocycles. The Morgan fingerprint density at radius 3 is 2.58 bits per heavy atom. The molecule has 2 aromatic carbocycles. The summed E-state index contributed by atoms with van der Waals surface area (Å²) in [6, 6.07) is 7.27. The summed E-state index contributed by atoms with van der Waals surface area (Å²) in [5.41, 5.74) is 2.16. The van der Waals surface area contributed by atoms with Gasteiger partial charge in [0.25, 0.3) is 0 Å². The third-order valence-corrected chi connectivity index (χ3v) is 4.44. The number of phenolic OH excluding ortho intramolecular Hbond substituents is 3. The van der Waals surface area contributed by atoms with Gasteiger partial charge < -0.3 is 25.2 Å². The number of allylic oxidation sites excluding steroid dienone is 1. The summed E-state index contributed by atoms with van der Waals surface area (Å²) in [5.74, 6) is -0.359. The van der Waals surface area contributed by atoms with Crippen LogP contribution in [-0.4, -0.2) is 32.8 Å². The Kier molecular flexibility index (Phi) is 4.86. The molecule has 2 aromatic rings. The largest absolute Gasteiger partial charge is 0.508 e. The molecule has 0 unspecified atom stereocenters. The van der Waals surface area contributed by atoms with E-state index in [9.17, 15) is 20.1 Å². The molecule has 0 bridgehead atoms. The van der Waals surface area contributed by atoms with E-state index in [0.29, 0.717) is 28.9 Å². The number of fused-ring (bicyclic) bond motifs is 1. The normalized spacial score (nSPS) is 16.9. The molecule has 1 aliphatic rings. The average molecular weight is 356 g/mol. The standard InChI is InChI=1S/C20H20O6/c1-11(10-21)2-4-13-15(22)7-5-14-17(24)9-19(26-20(13)14)12-3-6-16(23)18(25)8-12/h2-3,5-8,19,21-23,25H,4,9-10H2,1H3/t19-/m0/s1. The van der Waals surface area contributed by atoms with Gasteiger partial charge in [0.2, 0.25) is 0 Å². The highest BCUT2D eigenvalue weighted by Crippen LogP contribution is 2.42. The first-order valence-corrected chi connectivity index (χ1v) is 8.23. The molecule has 6 nitrogen and oxygen atoms in total. The van der Waals surface area contributed by atoms with Crippen LogP contribution in [0.5, 0.6) is 23.0 Å². The predicted molar refractivity (Wildman–Crippen MR) is 94.7 cm³/mol. The maximum Gasteiger partial charge on any atom is 0.170 e. The first-order chi connectivity index (χ1) is 12.4. The quantitative estimate of drug-likeness (QED) is 0.496. The molecule has 0 saturated carbocycles. The number of phenols is 3. The van der Waals surface area contributed by atoms with Crippen molar-refractivity contribution in [2.75, 3.05) is 6.61 Å². The molecule has 0 fully saturated rings. The molecule has 4 N–H and O–H groups in total. The van der Waals surface area contributed by atoms with Gasteiger partial charge in [-0.25, -0.2) is 0 Å². The number of hydrogen-bond donors (Lipinski definition) is 4. The average Bonchev–Trinajstić information content (AvgIpc) is 2.62. The number of carbonyl (C=O) groups is 1. The third kappa shape index (κ3) is 3.36. The second kappa shape index (κ2) is 7.09. The second-order valence-electron chi connectivity index (χ2n) is 6.33. The van der Waals surface area contributed by atoms with Crippen LogP contribution in [0.25, 0.3) is 0 Å². The fourth-order valence-corrected chi connectivity index (χ4v) is 2.90. The molecule has 3 rings (SSSR count). The highest BCUT2D eigenvalue weighted by Gasteiger charge is 2.30. The van der Waals surface area contributed by atoms with Gasteiger partial charge in [-0.2, -0.15) is 0 Å². The Morgan fingerprint density at radius 1 is 1.15 bits per heavy atom. The van der Waals surface area contributed by atoms with E-state index in [0.717, 1.165) is 5.57 Å². The lowest BCUT2D eigenvalue weighted by Crippen LogP contribution is -2.21. The molecule has 1 atom stereocenters. The van der Waals surface area contributed by atoms with Gasteiger partial charge >= 0.3 is 0 Å². The Balaban J connectivity index is 2.00. The zero-order valence-electron chi connectivity index (χ0n) is 14.3. The molecule has 136 valence electrons. The van der Waals surface area contributed by atoms with E-state index < -0.39 is 6.10 Å². The van der Waals surface area contributed by atoms with Gasteiger partial charge in [-0.3, -0.25) is 4.79 Å². The number of rotatable bonds is 4. The minimum atomic E-state index is -0.634. The van der Waals surface area contributed by atoms with Crippen molar-refractivity contribution in [3.05, 3.63) is 58.7 Å². The number of ketones is 1. The molecule has 0 aromatic heterocycles. The van der Waals surface area contributed by atoms with Crippen molar-refractivity contribution in [3.63, 3.8) is 0 Å². The summed E-state index contributed by atoms with van der Waals surface area (Å²) in [6.45, 7) is 1.67. The van der Waals surface area contributed by atoms with Crippen molar-refractivity contribution < 1.29 is 30.0 Å². The first-order valence-electron chi connectivity index (χ1n) is 8.23. The number of aromatic hydroxyl groups is 3. The topological polar surface area (TPSA) is 107 Å². The van der Waals surface area contributed by atoms with Crippen molar-refractivity contribution in [3.8, 4) is 23.0 Å². The minimum Gasteiger partial charge on any atom is -0.508 e. The van der Waals surface area contributed by atoms with Gasteiger partial charge in [0, 0.05) is 5.56 Å². The van der Waals surface area contributed by atoms with Gasteiger partial charge in [-0.1, -0.05) is 17.7 Å². The molecule has 1 heterocycles. The van der Waals surface area contributed by atoms with Crippen LogP contribution in [0.2, 0.25) is 0 Å². The summed E-state index contributed by atoms with van der Waals surface area (Å²) >= 11 is 0. The molecule has 6 heteroatoms. The molecule has 0 amide bonds. The van der Waals surface area contributed by atoms with E-state index in [1.807, 2.05) is 0 Å². The molecule has 0 aliphatic carbocycles. The Hall–Kier alpha value is -2.99. The number of ether oxygens (including phenoxy) is 1. The number of aliphatic hydroxyl groups is 1. The molecule has 0 radical (unpaired) electrons. The number of hydrogen-bond acceptors (Lipinski definition) is 6. The molecular weight excluding hydrogens is 336 g/mol. The highest BCUT2D eigenvalue weighted by molar-refractivity contribution is 6.00. The SMILES string of the molecule is CC(=CCc1c(O)ccc2c1O[C@H](c1ccc(O)c(O)c1)CC2=O)CO. The summed E-state index contributed by atoms with van der Waals surface area (Å²) in [7, 11) is 0. The van der Waals surface area contributed by atoms with Gasteiger partial charge in [-0.05, 0) is 43.2 Å². The van der Waals surface area contributed by atoms with Crippen LogP contribution >= 0.6 is 0 Å². The molecule has 0 saturated heterocycles. The van der Waals surface area contributed by atoms with Crippen molar-refractivity contribution >= 4 is 5.78 Å². The van der Waals surface area contributed by atoms with Crippen molar-refractivity contribution in [1.82, 2.24) is 0 Å². The van der Waals surface area contributed by atoms with Crippen LogP contribution < -0.4 is 4.74 Å². The summed E-state index contributed by atoms with van der Waals surface area (Å²) in [5, 5.41) is 38.5. The molecule has 26 heavy (non-hydrogen) atoms. The first kappa shape index (κ1) is 17.8. The van der Waals surface area contributed by atoms with Gasteiger partial charge in [-0.15, -0.1) is 0 Å². The number of benzene rings is 2. The third-order valence-electron chi connectivity index (χ3n) is 4.44. The lowest BCUT2D eigenvalue weighted by Gasteiger charge is -2.28. The second-order valence-corrected chi connectivity index (χ2v) is 6.33. The summed E-state index contributed by atoms with van der Waals surface area (Å²) in [4.78, 5) is 12.6. The van der Waals surface area contributed by atoms with Crippen LogP contribution in [0, 0.1) is 0 Å². The summed E-state index contributed by atoms with van der Waals surface area (Å²) in [6.07, 6.45) is 1.53. The van der Waals surface area contributed by atoms with Crippen LogP contribution in [0.4, 0.5) is 0 Å². The minimum absolute atomic E-state index is 0.00717. The van der Waals surface area contributed by atoms with Gasteiger partial charge in [0.05, 0.1) is 18.6 Å². The van der Waals surface area contributed by atoms with E-state index in [1.165, 1.54) is 24.3 Å². The fourth-order valence-electron chi connectivity index (χ4n) is 2.90. The molecule has 0 spiro atoms. The summed E-state index contributed by atoms with van der Waals surface area (Å²) < 4.78 is 6.00. The van der Waals surface area contributed by atoms with Crippen LogP contribution in [-0.2, 0) is 6.42 Å². The monoisotopic (exact) mass is 356 g/mol. The number of Topliss-reactive ketones (excluding diaryl/α,β-unsaturated/α-hetero) is 1. The van der Waals surface area contributed by atoms with Crippen LogP contribution in [0.15, 0.2) is 42.0 Å². The smallest absolute Gasteiger partial charge is 0.170 e. The lowest BCUT2D eigenvalue weighted by molar-refractivity contribution is 0.0847. The van der Waals surface area contributed by atoms with E-state index in [2.05, 4.69) is 0 Å². The Morgan fingerprint density at radius 2 is 1.88 bits per heavy atom. The van der Waals surface area contributed by atoms with E-state index in [1.54, 1.807) is 19.1 Å². The van der Waals surface area contributed by atoms with Crippen molar-refractivity contribution in [2.45, 2.75) is 25.9 Å². The molecular formula is C20H20O6. The number of aliphatic hydroxyl groups excluding tert-OH is 1. The lowest BCUT2D eigenvalue weighted by atomic mass is 9.93. The van der Waals surface area contributed by atoms with E-state index >= 15 is 0 Å². The van der Waals surface area contributed by atoms with Crippen molar-refractivity contribution in [1.29, 1.82) is 0 Å². The number of carbonyl (C=O) groups excluding carboxylic acids is 1.